The van der Waals surface area contributed by atoms with Crippen LogP contribution in [-0.2, 0) is 0 Å². The molecule has 0 atom stereocenters. The summed E-state index contributed by atoms with van der Waals surface area (Å²) in [5.41, 5.74) is 2.43. The highest BCUT2D eigenvalue weighted by Gasteiger charge is 2.17. The molecule has 134 valence electrons. The number of hydrogen-bond donors (Lipinski definition) is 1. The molecule has 0 unspecified atom stereocenters. The van der Waals surface area contributed by atoms with Gasteiger partial charge in [0.2, 0.25) is 0 Å². The zero-order valence-electron chi connectivity index (χ0n) is 14.9. The lowest BCUT2D eigenvalue weighted by Gasteiger charge is -2.11. The van der Waals surface area contributed by atoms with Crippen LogP contribution in [-0.4, -0.2) is 15.9 Å². The van der Waals surface area contributed by atoms with Gasteiger partial charge in [0.25, 0.3) is 5.91 Å². The first-order valence-corrected chi connectivity index (χ1v) is 8.48. The lowest BCUT2D eigenvalue weighted by atomic mass is 10.2. The summed E-state index contributed by atoms with van der Waals surface area (Å²) in [6, 6.07) is 18.7. The van der Waals surface area contributed by atoms with Crippen LogP contribution >= 0.6 is 0 Å². The number of carbonyl (C=O) groups is 1. The summed E-state index contributed by atoms with van der Waals surface area (Å²) in [7, 11) is 0. The summed E-state index contributed by atoms with van der Waals surface area (Å²) < 4.78 is 11.3. The number of anilines is 1. The first kappa shape index (κ1) is 16.8. The predicted octanol–water partition coefficient (Wildman–Crippen LogP) is 4.88. The molecule has 4 aromatic rings. The molecule has 6 nitrogen and oxygen atoms in total. The number of fused-ring (bicyclic) bond motifs is 1. The molecule has 6 heteroatoms. The Hall–Kier alpha value is -3.67. The Kier molecular flexibility index (Phi) is 4.30. The molecule has 4 rings (SSSR count). The maximum atomic E-state index is 12.6. The summed E-state index contributed by atoms with van der Waals surface area (Å²) in [6.07, 6.45) is 0. The third-order valence-corrected chi connectivity index (χ3v) is 4.09. The van der Waals surface area contributed by atoms with Gasteiger partial charge >= 0.3 is 6.01 Å². The number of hydrogen-bond acceptors (Lipinski definition) is 5. The first-order chi connectivity index (χ1) is 13.1. The Morgan fingerprint density at radius 3 is 2.33 bits per heavy atom. The van der Waals surface area contributed by atoms with Crippen LogP contribution in [0.15, 0.2) is 65.1 Å². The highest BCUT2D eigenvalue weighted by Crippen LogP contribution is 2.25. The maximum absolute atomic E-state index is 12.6. The second-order valence-corrected chi connectivity index (χ2v) is 6.07. The number of benzene rings is 2. The van der Waals surface area contributed by atoms with E-state index >= 15 is 0 Å². The second kappa shape index (κ2) is 6.92. The van der Waals surface area contributed by atoms with Gasteiger partial charge < -0.3 is 14.5 Å². The lowest BCUT2D eigenvalue weighted by Crippen LogP contribution is -2.14. The van der Waals surface area contributed by atoms with E-state index in [1.54, 1.807) is 19.9 Å². The second-order valence-electron chi connectivity index (χ2n) is 6.07. The fourth-order valence-corrected chi connectivity index (χ4v) is 2.77. The van der Waals surface area contributed by atoms with Gasteiger partial charge in [0.15, 0.2) is 5.76 Å². The monoisotopic (exact) mass is 359 g/mol. The molecule has 2 heterocycles. The summed E-state index contributed by atoms with van der Waals surface area (Å²) in [6.45, 7) is 3.58. The molecular formula is C21H17N3O3. The standard InChI is InChI=1S/C21H17N3O3/c1-13-19(14(2)23-21(22-13)26-16-9-4-3-5-10-16)24-20(25)18-12-15-8-6-7-11-17(15)27-18/h3-12H,1-2H3,(H,24,25). The minimum atomic E-state index is -0.349. The number of nitrogens with zero attached hydrogens (tertiary/aromatic N) is 2. The van der Waals surface area contributed by atoms with Gasteiger partial charge in [-0.15, -0.1) is 0 Å². The minimum absolute atomic E-state index is 0.234. The Bertz CT molecular complexity index is 1060. The van der Waals surface area contributed by atoms with Crippen LogP contribution in [0.5, 0.6) is 11.8 Å². The van der Waals surface area contributed by atoms with Crippen LogP contribution in [0.4, 0.5) is 5.69 Å². The maximum Gasteiger partial charge on any atom is 0.322 e. The number of aryl methyl sites for hydroxylation is 2. The topological polar surface area (TPSA) is 77.3 Å². The van der Waals surface area contributed by atoms with Crippen molar-refractivity contribution in [2.24, 2.45) is 0 Å². The van der Waals surface area contributed by atoms with Gasteiger partial charge in [0.1, 0.15) is 11.3 Å². The molecule has 0 radical (unpaired) electrons. The molecule has 2 aromatic heterocycles. The van der Waals surface area contributed by atoms with Crippen molar-refractivity contribution in [2.45, 2.75) is 13.8 Å². The highest BCUT2D eigenvalue weighted by atomic mass is 16.5. The van der Waals surface area contributed by atoms with E-state index < -0.39 is 0 Å². The van der Waals surface area contributed by atoms with Gasteiger partial charge in [0, 0.05) is 5.39 Å². The minimum Gasteiger partial charge on any atom is -0.451 e. The van der Waals surface area contributed by atoms with Crippen LogP contribution < -0.4 is 10.1 Å². The molecule has 0 aliphatic carbocycles. The van der Waals surface area contributed by atoms with E-state index in [1.165, 1.54) is 0 Å². The molecule has 0 aliphatic heterocycles. The van der Waals surface area contributed by atoms with Gasteiger partial charge in [-0.2, -0.15) is 9.97 Å². The predicted molar refractivity (Wildman–Crippen MR) is 102 cm³/mol. The smallest absolute Gasteiger partial charge is 0.322 e. The zero-order chi connectivity index (χ0) is 18.8. The van der Waals surface area contributed by atoms with E-state index in [-0.39, 0.29) is 17.7 Å². The van der Waals surface area contributed by atoms with Crippen LogP contribution in [0, 0.1) is 13.8 Å². The Morgan fingerprint density at radius 1 is 0.963 bits per heavy atom. The van der Waals surface area contributed by atoms with Gasteiger partial charge in [-0.25, -0.2) is 0 Å². The number of amides is 1. The molecule has 27 heavy (non-hydrogen) atoms. The fourth-order valence-electron chi connectivity index (χ4n) is 2.77. The van der Waals surface area contributed by atoms with Crippen molar-refractivity contribution in [3.63, 3.8) is 0 Å². The molecule has 0 bridgehead atoms. The molecular weight excluding hydrogens is 342 g/mol. The average molecular weight is 359 g/mol. The quantitative estimate of drug-likeness (QED) is 0.562. The van der Waals surface area contributed by atoms with E-state index in [0.29, 0.717) is 28.4 Å². The van der Waals surface area contributed by atoms with Gasteiger partial charge in [-0.1, -0.05) is 36.4 Å². The highest BCUT2D eigenvalue weighted by molar-refractivity contribution is 6.05. The molecule has 1 amide bonds. The van der Waals surface area contributed by atoms with E-state index in [9.17, 15) is 4.79 Å². The zero-order valence-corrected chi connectivity index (χ0v) is 14.9. The Labute approximate surface area is 155 Å². The van der Waals surface area contributed by atoms with Crippen LogP contribution in [0.2, 0.25) is 0 Å². The van der Waals surface area contributed by atoms with Gasteiger partial charge in [0.05, 0.1) is 17.1 Å². The lowest BCUT2D eigenvalue weighted by molar-refractivity contribution is 0.0998. The molecule has 2 aromatic carbocycles. The van der Waals surface area contributed by atoms with Crippen molar-refractivity contribution in [3.8, 4) is 11.8 Å². The molecule has 1 N–H and O–H groups in total. The third-order valence-electron chi connectivity index (χ3n) is 4.09. The van der Waals surface area contributed by atoms with Crippen molar-refractivity contribution < 1.29 is 13.9 Å². The van der Waals surface area contributed by atoms with E-state index in [2.05, 4.69) is 15.3 Å². The fraction of sp³-hybridized carbons (Fsp3) is 0.0952. The first-order valence-electron chi connectivity index (χ1n) is 8.48. The van der Waals surface area contributed by atoms with Crippen molar-refractivity contribution in [3.05, 3.63) is 77.8 Å². The van der Waals surface area contributed by atoms with Gasteiger partial charge in [-0.05, 0) is 38.1 Å². The van der Waals surface area contributed by atoms with E-state index in [0.717, 1.165) is 5.39 Å². The molecule has 0 spiro atoms. The third kappa shape index (κ3) is 3.50. The van der Waals surface area contributed by atoms with Crippen molar-refractivity contribution in [1.29, 1.82) is 0 Å². The molecule has 0 aliphatic rings. The largest absolute Gasteiger partial charge is 0.451 e. The van der Waals surface area contributed by atoms with Crippen molar-refractivity contribution in [1.82, 2.24) is 9.97 Å². The summed E-state index contributed by atoms with van der Waals surface area (Å²) >= 11 is 0. The number of ether oxygens (including phenoxy) is 1. The van der Waals surface area contributed by atoms with Crippen LogP contribution in [0.25, 0.3) is 11.0 Å². The Morgan fingerprint density at radius 2 is 1.63 bits per heavy atom. The number of rotatable bonds is 4. The summed E-state index contributed by atoms with van der Waals surface area (Å²) in [5, 5.41) is 3.71. The van der Waals surface area contributed by atoms with E-state index in [4.69, 9.17) is 9.15 Å². The van der Waals surface area contributed by atoms with Gasteiger partial charge in [-0.3, -0.25) is 4.79 Å². The summed E-state index contributed by atoms with van der Waals surface area (Å²) in [4.78, 5) is 21.3. The molecule has 0 fully saturated rings. The molecule has 0 saturated heterocycles. The number of aromatic nitrogens is 2. The SMILES string of the molecule is Cc1nc(Oc2ccccc2)nc(C)c1NC(=O)c1cc2ccccc2o1. The van der Waals surface area contributed by atoms with Crippen molar-refractivity contribution in [2.75, 3.05) is 5.32 Å². The Balaban J connectivity index is 1.57. The normalized spacial score (nSPS) is 10.7. The number of nitrogens with one attached hydrogen (secondary N) is 1. The van der Waals surface area contributed by atoms with E-state index in [1.807, 2.05) is 54.6 Å². The summed E-state index contributed by atoms with van der Waals surface area (Å²) in [5.74, 6) is 0.535. The van der Waals surface area contributed by atoms with Crippen LogP contribution in [0.1, 0.15) is 21.9 Å². The number of carbonyl (C=O) groups excluding carboxylic acids is 1. The number of para-hydroxylation sites is 2. The number of furan rings is 1. The van der Waals surface area contributed by atoms with Crippen molar-refractivity contribution >= 4 is 22.6 Å². The molecule has 0 saturated carbocycles. The average Bonchev–Trinajstić information content (AvgIpc) is 3.10. The van der Waals surface area contributed by atoms with Crippen LogP contribution in [0.3, 0.4) is 0 Å².